The molecule has 0 spiro atoms. The number of amides is 1. The van der Waals surface area contributed by atoms with Crippen LogP contribution in [0, 0.1) is 11.8 Å². The van der Waals surface area contributed by atoms with E-state index in [-0.39, 0.29) is 11.9 Å². The van der Waals surface area contributed by atoms with Gasteiger partial charge in [0.2, 0.25) is 5.91 Å². The van der Waals surface area contributed by atoms with Crippen molar-refractivity contribution in [2.45, 2.75) is 46.1 Å². The second kappa shape index (κ2) is 6.51. The second-order valence-corrected chi connectivity index (χ2v) is 6.70. The molecule has 2 rings (SSSR count). The van der Waals surface area contributed by atoms with Crippen LogP contribution in [0.2, 0.25) is 0 Å². The Bertz CT molecular complexity index is 580. The van der Waals surface area contributed by atoms with Gasteiger partial charge in [-0.3, -0.25) is 4.79 Å². The van der Waals surface area contributed by atoms with Crippen molar-refractivity contribution >= 4 is 11.9 Å². The topological polar surface area (TPSA) is 57.6 Å². The van der Waals surface area contributed by atoms with Gasteiger partial charge in [0.1, 0.15) is 0 Å². The molecule has 4 nitrogen and oxygen atoms in total. The highest BCUT2D eigenvalue weighted by Crippen LogP contribution is 2.36. The molecule has 2 unspecified atom stereocenters. The SMILES string of the molecule is CC(C)C(C)CC(=O)N(C)C1CCc2ccc(C(=O)O)cc21. The molecule has 1 N–H and O–H groups in total. The van der Waals surface area contributed by atoms with Crippen LogP contribution in [0.25, 0.3) is 0 Å². The van der Waals surface area contributed by atoms with Gasteiger partial charge in [-0.25, -0.2) is 4.79 Å². The highest BCUT2D eigenvalue weighted by atomic mass is 16.4. The second-order valence-electron chi connectivity index (χ2n) is 6.70. The number of aryl methyl sites for hydroxylation is 1. The Balaban J connectivity index is 2.17. The first-order chi connectivity index (χ1) is 10.3. The predicted octanol–water partition coefficient (Wildman–Crippen LogP) is 3.51. The number of carbonyl (C=O) groups is 2. The normalized spacial score (nSPS) is 18.1. The number of carboxylic acids is 1. The minimum Gasteiger partial charge on any atom is -0.478 e. The number of carbonyl (C=O) groups excluding carboxylic acids is 1. The van der Waals surface area contributed by atoms with Crippen molar-refractivity contribution < 1.29 is 14.7 Å². The largest absolute Gasteiger partial charge is 0.478 e. The van der Waals surface area contributed by atoms with Gasteiger partial charge < -0.3 is 10.0 Å². The number of rotatable bonds is 5. The first-order valence-corrected chi connectivity index (χ1v) is 7.93. The van der Waals surface area contributed by atoms with Gasteiger partial charge in [0.25, 0.3) is 0 Å². The lowest BCUT2D eigenvalue weighted by Gasteiger charge is -2.27. The maximum Gasteiger partial charge on any atom is 0.335 e. The summed E-state index contributed by atoms with van der Waals surface area (Å²) in [5.41, 5.74) is 2.45. The van der Waals surface area contributed by atoms with Gasteiger partial charge >= 0.3 is 5.97 Å². The Morgan fingerprint density at radius 3 is 2.59 bits per heavy atom. The number of hydrogen-bond acceptors (Lipinski definition) is 2. The number of fused-ring (bicyclic) bond motifs is 1. The molecule has 22 heavy (non-hydrogen) atoms. The molecule has 0 saturated carbocycles. The van der Waals surface area contributed by atoms with E-state index in [2.05, 4.69) is 20.8 Å². The summed E-state index contributed by atoms with van der Waals surface area (Å²) < 4.78 is 0. The average Bonchev–Trinajstić information content (AvgIpc) is 2.88. The van der Waals surface area contributed by atoms with Crippen LogP contribution < -0.4 is 0 Å². The van der Waals surface area contributed by atoms with E-state index >= 15 is 0 Å². The third-order valence-electron chi connectivity index (χ3n) is 4.93. The minimum absolute atomic E-state index is 0.00108. The zero-order chi connectivity index (χ0) is 16.4. The van der Waals surface area contributed by atoms with Gasteiger partial charge in [0.05, 0.1) is 11.6 Å². The molecule has 2 atom stereocenters. The monoisotopic (exact) mass is 303 g/mol. The van der Waals surface area contributed by atoms with Crippen LogP contribution in [0.3, 0.4) is 0 Å². The van der Waals surface area contributed by atoms with E-state index in [0.717, 1.165) is 24.0 Å². The van der Waals surface area contributed by atoms with E-state index < -0.39 is 5.97 Å². The molecule has 0 fully saturated rings. The summed E-state index contributed by atoms with van der Waals surface area (Å²) in [5, 5.41) is 9.15. The molecule has 1 amide bonds. The Morgan fingerprint density at radius 2 is 2.00 bits per heavy atom. The van der Waals surface area contributed by atoms with E-state index in [9.17, 15) is 9.59 Å². The van der Waals surface area contributed by atoms with Crippen LogP contribution in [0.4, 0.5) is 0 Å². The highest BCUT2D eigenvalue weighted by Gasteiger charge is 2.30. The summed E-state index contributed by atoms with van der Waals surface area (Å²) in [5.74, 6) is 0.0450. The Kier molecular flexibility index (Phi) is 4.89. The molecule has 0 heterocycles. The van der Waals surface area contributed by atoms with Gasteiger partial charge in [-0.05, 0) is 47.9 Å². The summed E-state index contributed by atoms with van der Waals surface area (Å²) >= 11 is 0. The quantitative estimate of drug-likeness (QED) is 0.905. The molecule has 1 aliphatic carbocycles. The van der Waals surface area contributed by atoms with Crippen LogP contribution in [0.5, 0.6) is 0 Å². The number of nitrogens with zero attached hydrogens (tertiary/aromatic N) is 1. The van der Waals surface area contributed by atoms with E-state index in [1.165, 1.54) is 0 Å². The zero-order valence-electron chi connectivity index (χ0n) is 13.8. The first-order valence-electron chi connectivity index (χ1n) is 7.93. The summed E-state index contributed by atoms with van der Waals surface area (Å²) in [6, 6.07) is 5.26. The van der Waals surface area contributed by atoms with Crippen molar-refractivity contribution in [2.24, 2.45) is 11.8 Å². The molecule has 0 aromatic heterocycles. The van der Waals surface area contributed by atoms with Crippen molar-refractivity contribution in [2.75, 3.05) is 7.05 Å². The lowest BCUT2D eigenvalue weighted by molar-refractivity contribution is -0.133. The molecule has 1 aliphatic rings. The highest BCUT2D eigenvalue weighted by molar-refractivity contribution is 5.88. The Hall–Kier alpha value is -1.84. The summed E-state index contributed by atoms with van der Waals surface area (Å²) in [7, 11) is 1.84. The molecule has 4 heteroatoms. The fourth-order valence-corrected chi connectivity index (χ4v) is 2.94. The van der Waals surface area contributed by atoms with Crippen molar-refractivity contribution in [3.63, 3.8) is 0 Å². The molecule has 0 saturated heterocycles. The van der Waals surface area contributed by atoms with Gasteiger partial charge in [0.15, 0.2) is 0 Å². The number of benzene rings is 1. The average molecular weight is 303 g/mol. The van der Waals surface area contributed by atoms with Gasteiger partial charge in [0, 0.05) is 13.5 Å². The smallest absolute Gasteiger partial charge is 0.335 e. The maximum atomic E-state index is 12.5. The van der Waals surface area contributed by atoms with Crippen molar-refractivity contribution in [1.82, 2.24) is 4.90 Å². The van der Waals surface area contributed by atoms with Crippen molar-refractivity contribution in [3.05, 3.63) is 34.9 Å². The predicted molar refractivity (Wildman–Crippen MR) is 85.9 cm³/mol. The fourth-order valence-electron chi connectivity index (χ4n) is 2.94. The zero-order valence-corrected chi connectivity index (χ0v) is 13.8. The van der Waals surface area contributed by atoms with Gasteiger partial charge in [-0.15, -0.1) is 0 Å². The Labute approximate surface area is 132 Å². The minimum atomic E-state index is -0.921. The third-order valence-corrected chi connectivity index (χ3v) is 4.93. The molecular formula is C18H25NO3. The van der Waals surface area contributed by atoms with E-state index in [1.54, 1.807) is 17.0 Å². The maximum absolute atomic E-state index is 12.5. The van der Waals surface area contributed by atoms with Crippen LogP contribution >= 0.6 is 0 Å². The van der Waals surface area contributed by atoms with Crippen LogP contribution in [0.15, 0.2) is 18.2 Å². The van der Waals surface area contributed by atoms with Gasteiger partial charge in [-0.1, -0.05) is 26.8 Å². The van der Waals surface area contributed by atoms with E-state index in [0.29, 0.717) is 23.8 Å². The fraction of sp³-hybridized carbons (Fsp3) is 0.556. The molecule has 0 radical (unpaired) electrons. The molecular weight excluding hydrogens is 278 g/mol. The van der Waals surface area contributed by atoms with Gasteiger partial charge in [-0.2, -0.15) is 0 Å². The molecule has 0 bridgehead atoms. The molecule has 1 aromatic carbocycles. The van der Waals surface area contributed by atoms with Crippen LogP contribution in [0.1, 0.15) is 61.1 Å². The van der Waals surface area contributed by atoms with Crippen LogP contribution in [-0.2, 0) is 11.2 Å². The summed E-state index contributed by atoms with van der Waals surface area (Å²) in [4.78, 5) is 25.4. The summed E-state index contributed by atoms with van der Waals surface area (Å²) in [6.45, 7) is 6.35. The van der Waals surface area contributed by atoms with E-state index in [4.69, 9.17) is 5.11 Å². The van der Waals surface area contributed by atoms with Crippen molar-refractivity contribution in [3.8, 4) is 0 Å². The molecule has 1 aromatic rings. The number of hydrogen-bond donors (Lipinski definition) is 1. The molecule has 0 aliphatic heterocycles. The first kappa shape index (κ1) is 16.5. The summed E-state index contributed by atoms with van der Waals surface area (Å²) in [6.07, 6.45) is 2.31. The lowest BCUT2D eigenvalue weighted by Crippen LogP contribution is -2.31. The lowest BCUT2D eigenvalue weighted by atomic mass is 9.93. The van der Waals surface area contributed by atoms with Crippen LogP contribution in [-0.4, -0.2) is 28.9 Å². The number of carboxylic acid groups (broad SMARTS) is 1. The van der Waals surface area contributed by atoms with E-state index in [1.807, 2.05) is 13.1 Å². The van der Waals surface area contributed by atoms with Crippen molar-refractivity contribution in [1.29, 1.82) is 0 Å². The third kappa shape index (κ3) is 3.32. The Morgan fingerprint density at radius 1 is 1.32 bits per heavy atom. The number of aromatic carboxylic acids is 1. The molecule has 120 valence electrons. The standard InChI is InChI=1S/C18H25NO3/c1-11(2)12(3)9-17(20)19(4)16-8-7-13-5-6-14(18(21)22)10-15(13)16/h5-6,10-12,16H,7-9H2,1-4H3,(H,21,22).